The Morgan fingerprint density at radius 3 is 2.89 bits per heavy atom. The summed E-state index contributed by atoms with van der Waals surface area (Å²) < 4.78 is 5.84. The molecule has 2 rings (SSSR count). The van der Waals surface area contributed by atoms with Crippen LogP contribution in [0.25, 0.3) is 0 Å². The molecule has 0 bridgehead atoms. The second-order valence-electron chi connectivity index (χ2n) is 4.64. The summed E-state index contributed by atoms with van der Waals surface area (Å²) in [5, 5.41) is 0. The normalized spacial score (nSPS) is 16.6. The molecule has 0 aliphatic carbocycles. The Bertz CT molecular complexity index is 373. The number of nitrogens with zero attached hydrogens (tertiary/aromatic N) is 2. The van der Waals surface area contributed by atoms with Crippen molar-refractivity contribution in [2.75, 3.05) is 13.1 Å². The van der Waals surface area contributed by atoms with Crippen LogP contribution in [-0.4, -0.2) is 35.0 Å². The molecule has 18 heavy (non-hydrogen) atoms. The van der Waals surface area contributed by atoms with Gasteiger partial charge in [-0.1, -0.05) is 6.92 Å². The van der Waals surface area contributed by atoms with E-state index in [1.54, 1.807) is 12.4 Å². The maximum atomic E-state index is 11.7. The Balaban J connectivity index is 1.78. The van der Waals surface area contributed by atoms with Crippen LogP contribution in [0.15, 0.2) is 24.5 Å². The molecule has 0 N–H and O–H groups in total. The van der Waals surface area contributed by atoms with Crippen LogP contribution in [0.4, 0.5) is 0 Å². The van der Waals surface area contributed by atoms with Crippen LogP contribution in [-0.2, 0) is 4.79 Å². The quantitative estimate of drug-likeness (QED) is 0.820. The van der Waals surface area contributed by atoms with Gasteiger partial charge < -0.3 is 9.64 Å². The van der Waals surface area contributed by atoms with E-state index < -0.39 is 0 Å². The first-order chi connectivity index (χ1) is 8.79. The van der Waals surface area contributed by atoms with Gasteiger partial charge in [-0.25, -0.2) is 0 Å². The monoisotopic (exact) mass is 248 g/mol. The highest BCUT2D eigenvalue weighted by atomic mass is 16.5. The van der Waals surface area contributed by atoms with Crippen LogP contribution in [0.2, 0.25) is 0 Å². The van der Waals surface area contributed by atoms with Crippen molar-refractivity contribution in [1.29, 1.82) is 0 Å². The van der Waals surface area contributed by atoms with Gasteiger partial charge in [0.25, 0.3) is 0 Å². The lowest BCUT2D eigenvalue weighted by Gasteiger charge is -2.32. The summed E-state index contributed by atoms with van der Waals surface area (Å²) in [4.78, 5) is 17.7. The summed E-state index contributed by atoms with van der Waals surface area (Å²) in [5.41, 5.74) is 0. The summed E-state index contributed by atoms with van der Waals surface area (Å²) in [6.07, 6.45) is 7.07. The Labute approximate surface area is 108 Å². The molecule has 1 fully saturated rings. The standard InChI is InChI=1S/C14H20N2O2/c1-2-4-14(17)16-9-6-12(7-10-16)18-13-5-3-8-15-11-13/h3,5,8,11-12H,2,4,6-7,9-10H2,1H3. The van der Waals surface area contributed by atoms with Crippen molar-refractivity contribution >= 4 is 5.91 Å². The SMILES string of the molecule is CCCC(=O)N1CCC(Oc2cccnc2)CC1. The minimum absolute atomic E-state index is 0.208. The number of piperidine rings is 1. The molecule has 0 radical (unpaired) electrons. The van der Waals surface area contributed by atoms with E-state index in [4.69, 9.17) is 4.74 Å². The van der Waals surface area contributed by atoms with Gasteiger partial charge in [-0.05, 0) is 18.6 Å². The van der Waals surface area contributed by atoms with E-state index in [1.807, 2.05) is 24.0 Å². The number of amides is 1. The van der Waals surface area contributed by atoms with Crippen molar-refractivity contribution in [3.63, 3.8) is 0 Å². The van der Waals surface area contributed by atoms with E-state index in [0.717, 1.165) is 38.1 Å². The van der Waals surface area contributed by atoms with E-state index in [0.29, 0.717) is 6.42 Å². The van der Waals surface area contributed by atoms with Crippen LogP contribution in [0.3, 0.4) is 0 Å². The molecular formula is C14H20N2O2. The summed E-state index contributed by atoms with van der Waals surface area (Å²) >= 11 is 0. The van der Waals surface area contributed by atoms with Crippen molar-refractivity contribution < 1.29 is 9.53 Å². The number of pyridine rings is 1. The Kier molecular flexibility index (Phi) is 4.56. The zero-order valence-corrected chi connectivity index (χ0v) is 10.8. The van der Waals surface area contributed by atoms with Crippen LogP contribution in [0, 0.1) is 0 Å². The molecule has 1 aromatic heterocycles. The highest BCUT2D eigenvalue weighted by molar-refractivity contribution is 5.76. The molecule has 1 saturated heterocycles. The Hall–Kier alpha value is -1.58. The fraction of sp³-hybridized carbons (Fsp3) is 0.571. The van der Waals surface area contributed by atoms with Crippen molar-refractivity contribution in [3.8, 4) is 5.75 Å². The summed E-state index contributed by atoms with van der Waals surface area (Å²) in [7, 11) is 0. The van der Waals surface area contributed by atoms with Crippen LogP contribution in [0.5, 0.6) is 5.75 Å². The number of carbonyl (C=O) groups excluding carboxylic acids is 1. The van der Waals surface area contributed by atoms with Gasteiger partial charge in [0.05, 0.1) is 6.20 Å². The third-order valence-electron chi connectivity index (χ3n) is 3.20. The third-order valence-corrected chi connectivity index (χ3v) is 3.20. The maximum absolute atomic E-state index is 11.7. The lowest BCUT2D eigenvalue weighted by Crippen LogP contribution is -2.41. The molecule has 1 aliphatic heterocycles. The maximum Gasteiger partial charge on any atom is 0.222 e. The average Bonchev–Trinajstić information content (AvgIpc) is 2.41. The van der Waals surface area contributed by atoms with Gasteiger partial charge in [0, 0.05) is 38.5 Å². The van der Waals surface area contributed by atoms with Crippen molar-refractivity contribution in [2.24, 2.45) is 0 Å². The fourth-order valence-electron chi connectivity index (χ4n) is 2.20. The van der Waals surface area contributed by atoms with E-state index in [9.17, 15) is 4.79 Å². The lowest BCUT2D eigenvalue weighted by atomic mass is 10.1. The van der Waals surface area contributed by atoms with Gasteiger partial charge in [-0.15, -0.1) is 0 Å². The van der Waals surface area contributed by atoms with Crippen molar-refractivity contribution in [2.45, 2.75) is 38.7 Å². The molecule has 1 aliphatic rings. The highest BCUT2D eigenvalue weighted by Crippen LogP contribution is 2.18. The number of hydrogen-bond acceptors (Lipinski definition) is 3. The largest absolute Gasteiger partial charge is 0.489 e. The van der Waals surface area contributed by atoms with Gasteiger partial charge >= 0.3 is 0 Å². The summed E-state index contributed by atoms with van der Waals surface area (Å²) in [5.74, 6) is 1.09. The highest BCUT2D eigenvalue weighted by Gasteiger charge is 2.23. The molecule has 4 heteroatoms. The first-order valence-electron chi connectivity index (χ1n) is 6.64. The predicted molar refractivity (Wildman–Crippen MR) is 69.4 cm³/mol. The molecule has 0 spiro atoms. The smallest absolute Gasteiger partial charge is 0.222 e. The first-order valence-corrected chi connectivity index (χ1v) is 6.64. The zero-order valence-electron chi connectivity index (χ0n) is 10.8. The molecule has 1 amide bonds. The third kappa shape index (κ3) is 3.45. The van der Waals surface area contributed by atoms with Crippen molar-refractivity contribution in [1.82, 2.24) is 9.88 Å². The molecule has 2 heterocycles. The molecule has 4 nitrogen and oxygen atoms in total. The molecule has 0 saturated carbocycles. The summed E-state index contributed by atoms with van der Waals surface area (Å²) in [6, 6.07) is 3.79. The number of ether oxygens (including phenoxy) is 1. The lowest BCUT2D eigenvalue weighted by molar-refractivity contribution is -0.133. The minimum Gasteiger partial charge on any atom is -0.489 e. The molecule has 0 unspecified atom stereocenters. The second-order valence-corrected chi connectivity index (χ2v) is 4.64. The molecule has 1 aromatic rings. The topological polar surface area (TPSA) is 42.4 Å². The minimum atomic E-state index is 0.208. The number of aromatic nitrogens is 1. The van der Waals surface area contributed by atoms with Gasteiger partial charge in [0.1, 0.15) is 11.9 Å². The van der Waals surface area contributed by atoms with Crippen LogP contribution < -0.4 is 4.74 Å². The average molecular weight is 248 g/mol. The van der Waals surface area contributed by atoms with E-state index >= 15 is 0 Å². The number of likely N-dealkylation sites (tertiary alicyclic amines) is 1. The van der Waals surface area contributed by atoms with Crippen LogP contribution >= 0.6 is 0 Å². The van der Waals surface area contributed by atoms with Crippen LogP contribution in [0.1, 0.15) is 32.6 Å². The number of carbonyl (C=O) groups is 1. The van der Waals surface area contributed by atoms with Gasteiger partial charge in [-0.3, -0.25) is 9.78 Å². The molecular weight excluding hydrogens is 228 g/mol. The predicted octanol–water partition coefficient (Wildman–Crippen LogP) is 2.25. The number of rotatable bonds is 4. The molecule has 0 atom stereocenters. The van der Waals surface area contributed by atoms with E-state index in [-0.39, 0.29) is 12.0 Å². The first kappa shape index (κ1) is 12.9. The van der Waals surface area contributed by atoms with E-state index in [2.05, 4.69) is 4.98 Å². The number of hydrogen-bond donors (Lipinski definition) is 0. The van der Waals surface area contributed by atoms with Crippen molar-refractivity contribution in [3.05, 3.63) is 24.5 Å². The molecule has 98 valence electrons. The molecule has 0 aromatic carbocycles. The zero-order chi connectivity index (χ0) is 12.8. The Morgan fingerprint density at radius 1 is 1.50 bits per heavy atom. The van der Waals surface area contributed by atoms with Gasteiger partial charge in [0.15, 0.2) is 0 Å². The Morgan fingerprint density at radius 2 is 2.28 bits per heavy atom. The second kappa shape index (κ2) is 6.38. The van der Waals surface area contributed by atoms with Gasteiger partial charge in [0.2, 0.25) is 5.91 Å². The van der Waals surface area contributed by atoms with E-state index in [1.165, 1.54) is 0 Å². The fourth-order valence-corrected chi connectivity index (χ4v) is 2.20. The van der Waals surface area contributed by atoms with Gasteiger partial charge in [-0.2, -0.15) is 0 Å². The summed E-state index contributed by atoms with van der Waals surface area (Å²) in [6.45, 7) is 3.66.